The molecule has 1 atom stereocenters. The van der Waals surface area contributed by atoms with Crippen LogP contribution in [0.4, 0.5) is 0 Å². The average Bonchev–Trinajstić information content (AvgIpc) is 1.89. The molecule has 0 rings (SSSR count). The van der Waals surface area contributed by atoms with E-state index in [0.717, 1.165) is 6.42 Å². The van der Waals surface area contributed by atoms with Crippen molar-refractivity contribution in [3.63, 3.8) is 0 Å². The van der Waals surface area contributed by atoms with Gasteiger partial charge in [-0.3, -0.25) is 0 Å². The van der Waals surface area contributed by atoms with Gasteiger partial charge in [0.2, 0.25) is 0 Å². The summed E-state index contributed by atoms with van der Waals surface area (Å²) in [5, 5.41) is 0. The summed E-state index contributed by atoms with van der Waals surface area (Å²) in [6, 6.07) is 0.0370. The van der Waals surface area contributed by atoms with Crippen molar-refractivity contribution in [2.45, 2.75) is 31.9 Å². The highest BCUT2D eigenvalue weighted by Gasteiger charge is 2.24. The molecule has 60 valence electrons. The Labute approximate surface area is 63.1 Å². The molecule has 1 unspecified atom stereocenters. The van der Waals surface area contributed by atoms with E-state index in [1.807, 2.05) is 19.9 Å². The molecule has 0 spiro atoms. The highest BCUT2D eigenvalue weighted by molar-refractivity contribution is 4.87. The fraction of sp³-hybridized carbons (Fsp3) is 0.750. The largest absolute Gasteiger partial charge is 0.377 e. The first-order valence-corrected chi connectivity index (χ1v) is 3.46. The standard InChI is InChI=1S/C8H17NO/c1-5-6-7(9)8(2,3)10-4/h5,7H,1,6,9H2,2-4H3. The van der Waals surface area contributed by atoms with Crippen molar-refractivity contribution in [1.29, 1.82) is 0 Å². The number of ether oxygens (including phenoxy) is 1. The molecule has 0 amide bonds. The Kier molecular flexibility index (Phi) is 3.61. The van der Waals surface area contributed by atoms with Crippen LogP contribution in [0.5, 0.6) is 0 Å². The van der Waals surface area contributed by atoms with Crippen molar-refractivity contribution in [2.24, 2.45) is 5.73 Å². The first-order chi connectivity index (χ1) is 4.54. The maximum Gasteiger partial charge on any atom is 0.0775 e. The van der Waals surface area contributed by atoms with Crippen LogP contribution >= 0.6 is 0 Å². The molecule has 0 aromatic heterocycles. The summed E-state index contributed by atoms with van der Waals surface area (Å²) in [4.78, 5) is 0. The molecule has 0 saturated heterocycles. The van der Waals surface area contributed by atoms with Crippen LogP contribution in [-0.4, -0.2) is 18.8 Å². The zero-order chi connectivity index (χ0) is 8.20. The van der Waals surface area contributed by atoms with E-state index in [1.54, 1.807) is 7.11 Å². The summed E-state index contributed by atoms with van der Waals surface area (Å²) in [6.45, 7) is 7.56. The average molecular weight is 143 g/mol. The quantitative estimate of drug-likeness (QED) is 0.602. The van der Waals surface area contributed by atoms with Gasteiger partial charge in [-0.15, -0.1) is 6.58 Å². The molecular formula is C8H17NO. The third-order valence-corrected chi connectivity index (χ3v) is 1.84. The minimum absolute atomic E-state index is 0.0370. The van der Waals surface area contributed by atoms with E-state index in [1.165, 1.54) is 0 Å². The molecule has 0 aliphatic carbocycles. The lowest BCUT2D eigenvalue weighted by Crippen LogP contribution is -2.44. The third-order valence-electron chi connectivity index (χ3n) is 1.84. The van der Waals surface area contributed by atoms with Crippen LogP contribution in [0.15, 0.2) is 12.7 Å². The molecule has 0 aromatic carbocycles. The highest BCUT2D eigenvalue weighted by Crippen LogP contribution is 2.14. The van der Waals surface area contributed by atoms with Crippen LogP contribution in [0.3, 0.4) is 0 Å². The second-order valence-corrected chi connectivity index (χ2v) is 2.94. The van der Waals surface area contributed by atoms with Gasteiger partial charge in [-0.25, -0.2) is 0 Å². The number of methoxy groups -OCH3 is 1. The Balaban J connectivity index is 3.89. The van der Waals surface area contributed by atoms with E-state index >= 15 is 0 Å². The lowest BCUT2D eigenvalue weighted by atomic mass is 9.97. The number of rotatable bonds is 4. The van der Waals surface area contributed by atoms with Crippen molar-refractivity contribution in [2.75, 3.05) is 7.11 Å². The molecule has 10 heavy (non-hydrogen) atoms. The summed E-state index contributed by atoms with van der Waals surface area (Å²) in [5.74, 6) is 0. The molecule has 0 aromatic rings. The second-order valence-electron chi connectivity index (χ2n) is 2.94. The van der Waals surface area contributed by atoms with Gasteiger partial charge >= 0.3 is 0 Å². The van der Waals surface area contributed by atoms with Gasteiger partial charge in [-0.2, -0.15) is 0 Å². The van der Waals surface area contributed by atoms with E-state index in [4.69, 9.17) is 10.5 Å². The second kappa shape index (κ2) is 3.74. The summed E-state index contributed by atoms with van der Waals surface area (Å²) < 4.78 is 5.18. The molecule has 2 heteroatoms. The van der Waals surface area contributed by atoms with Crippen LogP contribution in [0.1, 0.15) is 20.3 Å². The summed E-state index contributed by atoms with van der Waals surface area (Å²) in [6.07, 6.45) is 2.60. The van der Waals surface area contributed by atoms with Gasteiger partial charge in [0.05, 0.1) is 5.60 Å². The molecule has 0 heterocycles. The van der Waals surface area contributed by atoms with Gasteiger partial charge in [-0.05, 0) is 20.3 Å². The van der Waals surface area contributed by atoms with Crippen molar-refractivity contribution in [3.05, 3.63) is 12.7 Å². The molecule has 0 fully saturated rings. The highest BCUT2D eigenvalue weighted by atomic mass is 16.5. The van der Waals surface area contributed by atoms with Crippen molar-refractivity contribution < 1.29 is 4.74 Å². The molecule has 0 aliphatic heterocycles. The first-order valence-electron chi connectivity index (χ1n) is 3.46. The van der Waals surface area contributed by atoms with Gasteiger partial charge < -0.3 is 10.5 Å². The van der Waals surface area contributed by atoms with E-state index in [0.29, 0.717) is 0 Å². The number of hydrogen-bond donors (Lipinski definition) is 1. The third kappa shape index (κ3) is 2.50. The Morgan fingerprint density at radius 3 is 2.50 bits per heavy atom. The number of hydrogen-bond acceptors (Lipinski definition) is 2. The van der Waals surface area contributed by atoms with E-state index < -0.39 is 0 Å². The molecule has 0 aliphatic rings. The van der Waals surface area contributed by atoms with Crippen LogP contribution in [0.2, 0.25) is 0 Å². The maximum absolute atomic E-state index is 5.78. The topological polar surface area (TPSA) is 35.2 Å². The van der Waals surface area contributed by atoms with E-state index in [9.17, 15) is 0 Å². The Morgan fingerprint density at radius 2 is 2.20 bits per heavy atom. The van der Waals surface area contributed by atoms with E-state index in [2.05, 4.69) is 6.58 Å². The molecule has 0 bridgehead atoms. The van der Waals surface area contributed by atoms with Crippen molar-refractivity contribution >= 4 is 0 Å². The zero-order valence-corrected chi connectivity index (χ0v) is 7.05. The van der Waals surface area contributed by atoms with Gasteiger partial charge in [0.25, 0.3) is 0 Å². The lowest BCUT2D eigenvalue weighted by Gasteiger charge is -2.29. The summed E-state index contributed by atoms with van der Waals surface area (Å²) >= 11 is 0. The number of nitrogens with two attached hydrogens (primary N) is 1. The van der Waals surface area contributed by atoms with Crippen molar-refractivity contribution in [3.8, 4) is 0 Å². The van der Waals surface area contributed by atoms with E-state index in [-0.39, 0.29) is 11.6 Å². The Morgan fingerprint density at radius 1 is 1.70 bits per heavy atom. The zero-order valence-electron chi connectivity index (χ0n) is 7.05. The van der Waals surface area contributed by atoms with Gasteiger partial charge in [0.15, 0.2) is 0 Å². The lowest BCUT2D eigenvalue weighted by molar-refractivity contribution is 0.00149. The van der Waals surface area contributed by atoms with Gasteiger partial charge in [-0.1, -0.05) is 6.08 Å². The summed E-state index contributed by atoms with van der Waals surface area (Å²) in [7, 11) is 1.67. The predicted molar refractivity (Wildman–Crippen MR) is 43.9 cm³/mol. The SMILES string of the molecule is C=CCC(N)C(C)(C)OC. The summed E-state index contributed by atoms with van der Waals surface area (Å²) in [5.41, 5.74) is 5.53. The smallest absolute Gasteiger partial charge is 0.0775 e. The maximum atomic E-state index is 5.78. The fourth-order valence-electron chi connectivity index (χ4n) is 0.615. The normalized spacial score (nSPS) is 14.8. The Hall–Kier alpha value is -0.340. The minimum atomic E-state index is -0.242. The van der Waals surface area contributed by atoms with Crippen molar-refractivity contribution in [1.82, 2.24) is 0 Å². The minimum Gasteiger partial charge on any atom is -0.377 e. The van der Waals surface area contributed by atoms with Gasteiger partial charge in [0.1, 0.15) is 0 Å². The van der Waals surface area contributed by atoms with Gasteiger partial charge in [0, 0.05) is 13.2 Å². The Bertz CT molecular complexity index is 110. The molecule has 0 saturated carbocycles. The van der Waals surface area contributed by atoms with Crippen LogP contribution < -0.4 is 5.73 Å². The van der Waals surface area contributed by atoms with Crippen LogP contribution in [0, 0.1) is 0 Å². The molecule has 2 nitrogen and oxygen atoms in total. The fourth-order valence-corrected chi connectivity index (χ4v) is 0.615. The first kappa shape index (κ1) is 9.66. The molecule has 2 N–H and O–H groups in total. The monoisotopic (exact) mass is 143 g/mol. The van der Waals surface area contributed by atoms with Crippen LogP contribution in [0.25, 0.3) is 0 Å². The molecule has 0 radical (unpaired) electrons. The van der Waals surface area contributed by atoms with Crippen LogP contribution in [-0.2, 0) is 4.74 Å². The molecular weight excluding hydrogens is 126 g/mol. The predicted octanol–water partition coefficient (Wildman–Crippen LogP) is 1.31.